The molecule has 0 N–H and O–H groups in total. The lowest BCUT2D eigenvalue weighted by Gasteiger charge is -2.00. The monoisotopic (exact) mass is 198 g/mol. The standard InChI is InChI=1S/C13H26O/c1-3-5-7-9-11-13(14)12-10-8-6-4-2/h3-12H2,1-2H3. The van der Waals surface area contributed by atoms with Gasteiger partial charge in [0.25, 0.3) is 0 Å². The number of ketones is 1. The molecule has 0 unspecified atom stereocenters. The van der Waals surface area contributed by atoms with E-state index < -0.39 is 0 Å². The molecule has 0 aliphatic rings. The topological polar surface area (TPSA) is 17.1 Å². The van der Waals surface area contributed by atoms with E-state index >= 15 is 0 Å². The number of hydrogen-bond acceptors (Lipinski definition) is 1. The van der Waals surface area contributed by atoms with E-state index in [1.54, 1.807) is 0 Å². The highest BCUT2D eigenvalue weighted by Gasteiger charge is 2.00. The number of rotatable bonds is 10. The Morgan fingerprint density at radius 3 is 1.50 bits per heavy atom. The van der Waals surface area contributed by atoms with Crippen LogP contribution in [0.25, 0.3) is 0 Å². The first kappa shape index (κ1) is 13.7. The van der Waals surface area contributed by atoms with Gasteiger partial charge in [-0.1, -0.05) is 52.4 Å². The number of carbonyl (C=O) groups is 1. The van der Waals surface area contributed by atoms with Crippen molar-refractivity contribution in [2.45, 2.75) is 78.1 Å². The fourth-order valence-corrected chi connectivity index (χ4v) is 1.62. The summed E-state index contributed by atoms with van der Waals surface area (Å²) in [5.41, 5.74) is 0. The number of hydrogen-bond donors (Lipinski definition) is 0. The second-order valence-electron chi connectivity index (χ2n) is 4.16. The minimum absolute atomic E-state index is 0.484. The van der Waals surface area contributed by atoms with E-state index in [-0.39, 0.29) is 0 Å². The highest BCUT2D eigenvalue weighted by molar-refractivity contribution is 5.78. The van der Waals surface area contributed by atoms with E-state index in [0.717, 1.165) is 25.7 Å². The predicted octanol–water partition coefficient (Wildman–Crippen LogP) is 4.50. The lowest BCUT2D eigenvalue weighted by molar-refractivity contribution is -0.119. The van der Waals surface area contributed by atoms with Gasteiger partial charge in [-0.25, -0.2) is 0 Å². The third kappa shape index (κ3) is 9.76. The molecule has 0 saturated carbocycles. The Morgan fingerprint density at radius 1 is 0.714 bits per heavy atom. The summed E-state index contributed by atoms with van der Waals surface area (Å²) >= 11 is 0. The van der Waals surface area contributed by atoms with Crippen molar-refractivity contribution in [1.29, 1.82) is 0 Å². The minimum Gasteiger partial charge on any atom is -0.300 e. The van der Waals surface area contributed by atoms with Crippen LogP contribution in [-0.4, -0.2) is 5.78 Å². The molecule has 0 radical (unpaired) electrons. The summed E-state index contributed by atoms with van der Waals surface area (Å²) in [5.74, 6) is 0.484. The van der Waals surface area contributed by atoms with Crippen molar-refractivity contribution < 1.29 is 4.79 Å². The molecule has 0 aliphatic carbocycles. The second-order valence-corrected chi connectivity index (χ2v) is 4.16. The predicted molar refractivity (Wildman–Crippen MR) is 62.5 cm³/mol. The van der Waals surface area contributed by atoms with Crippen LogP contribution >= 0.6 is 0 Å². The Labute approximate surface area is 89.3 Å². The minimum atomic E-state index is 0.484. The summed E-state index contributed by atoms with van der Waals surface area (Å²) in [6.07, 6.45) is 11.4. The first-order valence-corrected chi connectivity index (χ1v) is 6.33. The third-order valence-corrected chi connectivity index (χ3v) is 2.62. The average Bonchev–Trinajstić information content (AvgIpc) is 2.19. The Kier molecular flexibility index (Phi) is 10.5. The normalized spacial score (nSPS) is 10.4. The van der Waals surface area contributed by atoms with Crippen LogP contribution < -0.4 is 0 Å². The van der Waals surface area contributed by atoms with Gasteiger partial charge in [-0.05, 0) is 12.8 Å². The van der Waals surface area contributed by atoms with Crippen LogP contribution in [0.4, 0.5) is 0 Å². The van der Waals surface area contributed by atoms with Crippen LogP contribution in [0.5, 0.6) is 0 Å². The lowest BCUT2D eigenvalue weighted by Crippen LogP contribution is -1.97. The van der Waals surface area contributed by atoms with Gasteiger partial charge in [-0.3, -0.25) is 4.79 Å². The molecule has 0 rings (SSSR count). The van der Waals surface area contributed by atoms with Crippen LogP contribution in [0.3, 0.4) is 0 Å². The summed E-state index contributed by atoms with van der Waals surface area (Å²) in [7, 11) is 0. The molecule has 0 aromatic carbocycles. The van der Waals surface area contributed by atoms with Crippen LogP contribution in [-0.2, 0) is 4.79 Å². The maximum absolute atomic E-state index is 11.4. The van der Waals surface area contributed by atoms with E-state index in [9.17, 15) is 4.79 Å². The molecule has 0 bridgehead atoms. The number of unbranched alkanes of at least 4 members (excludes halogenated alkanes) is 6. The molecule has 0 saturated heterocycles. The molecule has 84 valence electrons. The van der Waals surface area contributed by atoms with E-state index in [1.807, 2.05) is 0 Å². The van der Waals surface area contributed by atoms with E-state index in [4.69, 9.17) is 0 Å². The molecule has 0 aromatic rings. The Hall–Kier alpha value is -0.330. The molecule has 0 fully saturated rings. The largest absolute Gasteiger partial charge is 0.300 e. The average molecular weight is 198 g/mol. The summed E-state index contributed by atoms with van der Waals surface area (Å²) < 4.78 is 0. The van der Waals surface area contributed by atoms with Gasteiger partial charge in [0.2, 0.25) is 0 Å². The van der Waals surface area contributed by atoms with Crippen LogP contribution in [0, 0.1) is 0 Å². The zero-order valence-electron chi connectivity index (χ0n) is 9.98. The van der Waals surface area contributed by atoms with Crippen LogP contribution in [0.1, 0.15) is 78.1 Å². The highest BCUT2D eigenvalue weighted by Crippen LogP contribution is 2.08. The summed E-state index contributed by atoms with van der Waals surface area (Å²) in [4.78, 5) is 11.4. The van der Waals surface area contributed by atoms with E-state index in [2.05, 4.69) is 13.8 Å². The number of carbonyl (C=O) groups excluding carboxylic acids is 1. The molecule has 0 amide bonds. The molecular weight excluding hydrogens is 172 g/mol. The molecule has 0 heterocycles. The van der Waals surface area contributed by atoms with Crippen molar-refractivity contribution in [1.82, 2.24) is 0 Å². The molecule has 14 heavy (non-hydrogen) atoms. The Bertz CT molecular complexity index is 115. The van der Waals surface area contributed by atoms with Gasteiger partial charge in [0.15, 0.2) is 0 Å². The van der Waals surface area contributed by atoms with Crippen molar-refractivity contribution >= 4 is 5.78 Å². The van der Waals surface area contributed by atoms with Crippen molar-refractivity contribution in [2.75, 3.05) is 0 Å². The molecule has 0 atom stereocenters. The van der Waals surface area contributed by atoms with E-state index in [0.29, 0.717) is 5.78 Å². The maximum atomic E-state index is 11.4. The fourth-order valence-electron chi connectivity index (χ4n) is 1.62. The first-order valence-electron chi connectivity index (χ1n) is 6.33. The van der Waals surface area contributed by atoms with Gasteiger partial charge in [-0.15, -0.1) is 0 Å². The van der Waals surface area contributed by atoms with Crippen molar-refractivity contribution in [3.8, 4) is 0 Å². The van der Waals surface area contributed by atoms with Gasteiger partial charge in [-0.2, -0.15) is 0 Å². The Morgan fingerprint density at radius 2 is 1.14 bits per heavy atom. The molecule has 0 spiro atoms. The van der Waals surface area contributed by atoms with Crippen molar-refractivity contribution in [3.63, 3.8) is 0 Å². The smallest absolute Gasteiger partial charge is 0.132 e. The molecule has 1 nitrogen and oxygen atoms in total. The zero-order chi connectivity index (χ0) is 10.6. The van der Waals surface area contributed by atoms with Crippen molar-refractivity contribution in [2.24, 2.45) is 0 Å². The van der Waals surface area contributed by atoms with Gasteiger partial charge >= 0.3 is 0 Å². The SMILES string of the molecule is CCCCCCC(=O)CCCCCC. The van der Waals surface area contributed by atoms with Crippen LogP contribution in [0.2, 0.25) is 0 Å². The van der Waals surface area contributed by atoms with Crippen LogP contribution in [0.15, 0.2) is 0 Å². The van der Waals surface area contributed by atoms with Gasteiger partial charge in [0.1, 0.15) is 5.78 Å². The van der Waals surface area contributed by atoms with Gasteiger partial charge in [0.05, 0.1) is 0 Å². The quantitative estimate of drug-likeness (QED) is 0.472. The number of Topliss-reactive ketones (excluding diaryl/α,β-unsaturated/α-hetero) is 1. The first-order chi connectivity index (χ1) is 6.81. The molecule has 0 aromatic heterocycles. The summed E-state index contributed by atoms with van der Waals surface area (Å²) in [6, 6.07) is 0. The molecule has 0 aliphatic heterocycles. The maximum Gasteiger partial charge on any atom is 0.132 e. The molecule has 1 heteroatoms. The summed E-state index contributed by atoms with van der Waals surface area (Å²) in [6.45, 7) is 4.40. The fraction of sp³-hybridized carbons (Fsp3) is 0.923. The van der Waals surface area contributed by atoms with E-state index in [1.165, 1.54) is 38.5 Å². The highest BCUT2D eigenvalue weighted by atomic mass is 16.1. The van der Waals surface area contributed by atoms with Gasteiger partial charge in [0, 0.05) is 12.8 Å². The molecular formula is C13H26O. The Balaban J connectivity index is 3.11. The zero-order valence-corrected chi connectivity index (χ0v) is 9.98. The third-order valence-electron chi connectivity index (χ3n) is 2.62. The van der Waals surface area contributed by atoms with Gasteiger partial charge < -0.3 is 0 Å². The summed E-state index contributed by atoms with van der Waals surface area (Å²) in [5, 5.41) is 0. The second kappa shape index (κ2) is 10.7. The lowest BCUT2D eigenvalue weighted by atomic mass is 10.0. The van der Waals surface area contributed by atoms with Crippen molar-refractivity contribution in [3.05, 3.63) is 0 Å².